The van der Waals surface area contributed by atoms with Crippen molar-refractivity contribution in [2.45, 2.75) is 26.3 Å². The second-order valence-electron chi connectivity index (χ2n) is 5.77. The molecule has 0 N–H and O–H groups in total. The molecule has 3 nitrogen and oxygen atoms in total. The summed E-state index contributed by atoms with van der Waals surface area (Å²) in [7, 11) is 0. The third-order valence-corrected chi connectivity index (χ3v) is 4.37. The second-order valence-corrected chi connectivity index (χ2v) is 6.18. The smallest absolute Gasteiger partial charge is 0.141 e. The van der Waals surface area contributed by atoms with Crippen LogP contribution in [0, 0.1) is 5.82 Å². The van der Waals surface area contributed by atoms with Gasteiger partial charge in [0.1, 0.15) is 5.82 Å². The van der Waals surface area contributed by atoms with Crippen molar-refractivity contribution in [3.05, 3.63) is 83.1 Å². The van der Waals surface area contributed by atoms with Crippen molar-refractivity contribution in [2.24, 2.45) is 9.98 Å². The van der Waals surface area contributed by atoms with E-state index in [1.54, 1.807) is 18.3 Å². The molecule has 136 valence electrons. The topological polar surface area (TPSA) is 28.0 Å². The predicted octanol–water partition coefficient (Wildman–Crippen LogP) is 5.87. The van der Waals surface area contributed by atoms with Crippen LogP contribution in [0.25, 0.3) is 0 Å². The molecule has 1 aromatic rings. The van der Waals surface area contributed by atoms with Crippen LogP contribution < -0.4 is 0 Å². The maximum Gasteiger partial charge on any atom is 0.141 e. The molecule has 0 spiro atoms. The zero-order chi connectivity index (χ0) is 19.1. The number of hydrogen-bond acceptors (Lipinski definition) is 3. The number of hydrogen-bond donors (Lipinski definition) is 0. The summed E-state index contributed by atoms with van der Waals surface area (Å²) in [5.74, 6) is -0.413. The van der Waals surface area contributed by atoms with Crippen LogP contribution in [-0.2, 0) is 0 Å². The predicted molar refractivity (Wildman–Crippen MR) is 109 cm³/mol. The summed E-state index contributed by atoms with van der Waals surface area (Å²) in [6.07, 6.45) is 10.2. The van der Waals surface area contributed by atoms with E-state index in [-0.39, 0.29) is 11.1 Å². The zero-order valence-electron chi connectivity index (χ0n) is 15.1. The normalized spacial score (nSPS) is 16.2. The van der Waals surface area contributed by atoms with E-state index in [1.165, 1.54) is 6.07 Å². The molecule has 0 aromatic heterocycles. The summed E-state index contributed by atoms with van der Waals surface area (Å²) in [6.45, 7) is 12.4. The van der Waals surface area contributed by atoms with Crippen LogP contribution >= 0.6 is 11.6 Å². The van der Waals surface area contributed by atoms with Gasteiger partial charge in [0.2, 0.25) is 0 Å². The Morgan fingerprint density at radius 2 is 2.15 bits per heavy atom. The van der Waals surface area contributed by atoms with Gasteiger partial charge in [0.15, 0.2) is 0 Å². The molecule has 1 atom stereocenters. The van der Waals surface area contributed by atoms with Gasteiger partial charge in [-0.3, -0.25) is 9.98 Å². The number of benzene rings is 1. The van der Waals surface area contributed by atoms with E-state index in [1.807, 2.05) is 31.4 Å². The fourth-order valence-electron chi connectivity index (χ4n) is 2.87. The molecule has 5 heteroatoms. The Kier molecular flexibility index (Phi) is 7.10. The fourth-order valence-corrected chi connectivity index (χ4v) is 3.06. The second kappa shape index (κ2) is 9.30. The van der Waals surface area contributed by atoms with E-state index in [0.717, 1.165) is 29.0 Å². The Labute approximate surface area is 159 Å². The molecule has 0 bridgehead atoms. The molecule has 0 saturated heterocycles. The van der Waals surface area contributed by atoms with Gasteiger partial charge < -0.3 is 4.90 Å². The molecular weight excluding hydrogens is 349 g/mol. The first kappa shape index (κ1) is 19.9. The van der Waals surface area contributed by atoms with Gasteiger partial charge in [-0.15, -0.1) is 0 Å². The minimum absolute atomic E-state index is 0.0200. The van der Waals surface area contributed by atoms with Crippen LogP contribution in [0.15, 0.2) is 76.7 Å². The van der Waals surface area contributed by atoms with Gasteiger partial charge in [-0.05, 0) is 56.0 Å². The van der Waals surface area contributed by atoms with E-state index < -0.39 is 5.82 Å². The molecule has 1 aromatic carbocycles. The minimum atomic E-state index is -0.413. The van der Waals surface area contributed by atoms with Crippen molar-refractivity contribution in [1.82, 2.24) is 4.90 Å². The number of halogens is 2. The SMILES string of the molecule is C=N/C=C\C(=NCC)C1=CC(=C)N(C(CC)c2ccc(F)c(Cl)c2)C=C1. The van der Waals surface area contributed by atoms with Gasteiger partial charge >= 0.3 is 0 Å². The van der Waals surface area contributed by atoms with Gasteiger partial charge in [0, 0.05) is 30.2 Å². The highest BCUT2D eigenvalue weighted by molar-refractivity contribution is 6.30. The molecule has 0 radical (unpaired) electrons. The largest absolute Gasteiger partial charge is 0.341 e. The quantitative estimate of drug-likeness (QED) is 0.550. The van der Waals surface area contributed by atoms with Gasteiger partial charge in [0.25, 0.3) is 0 Å². The van der Waals surface area contributed by atoms with Crippen LogP contribution in [0.2, 0.25) is 5.02 Å². The fraction of sp³-hybridized carbons (Fsp3) is 0.238. The maximum atomic E-state index is 13.5. The summed E-state index contributed by atoms with van der Waals surface area (Å²) in [5.41, 5.74) is 3.56. The first-order chi connectivity index (χ1) is 12.5. The molecule has 0 aliphatic carbocycles. The van der Waals surface area contributed by atoms with Crippen LogP contribution in [0.5, 0.6) is 0 Å². The molecule has 0 amide bonds. The zero-order valence-corrected chi connectivity index (χ0v) is 15.9. The van der Waals surface area contributed by atoms with Crippen LogP contribution in [-0.4, -0.2) is 23.9 Å². The molecule has 1 unspecified atom stereocenters. The first-order valence-corrected chi connectivity index (χ1v) is 8.88. The lowest BCUT2D eigenvalue weighted by Crippen LogP contribution is -2.24. The van der Waals surface area contributed by atoms with Crippen molar-refractivity contribution in [3.63, 3.8) is 0 Å². The molecule has 1 heterocycles. The highest BCUT2D eigenvalue weighted by Crippen LogP contribution is 2.33. The summed E-state index contributed by atoms with van der Waals surface area (Å²) in [4.78, 5) is 10.3. The summed E-state index contributed by atoms with van der Waals surface area (Å²) >= 11 is 5.95. The monoisotopic (exact) mass is 371 g/mol. The van der Waals surface area contributed by atoms with Crippen LogP contribution in [0.3, 0.4) is 0 Å². The summed E-state index contributed by atoms with van der Waals surface area (Å²) in [6, 6.07) is 4.86. The number of nitrogens with zero attached hydrogens (tertiary/aromatic N) is 3. The highest BCUT2D eigenvalue weighted by atomic mass is 35.5. The first-order valence-electron chi connectivity index (χ1n) is 8.51. The maximum absolute atomic E-state index is 13.5. The third kappa shape index (κ3) is 4.58. The Morgan fingerprint density at radius 3 is 2.73 bits per heavy atom. The van der Waals surface area contributed by atoms with E-state index in [0.29, 0.717) is 6.54 Å². The minimum Gasteiger partial charge on any atom is -0.341 e. The van der Waals surface area contributed by atoms with Gasteiger partial charge in [-0.1, -0.05) is 31.2 Å². The molecule has 1 aliphatic rings. The Bertz CT molecular complexity index is 805. The lowest BCUT2D eigenvalue weighted by atomic mass is 9.99. The lowest BCUT2D eigenvalue weighted by Gasteiger charge is -2.33. The molecule has 1 aliphatic heterocycles. The van der Waals surface area contributed by atoms with Gasteiger partial charge in [-0.25, -0.2) is 4.39 Å². The van der Waals surface area contributed by atoms with Crippen LogP contribution in [0.4, 0.5) is 4.39 Å². The number of rotatable bonds is 7. The van der Waals surface area contributed by atoms with Crippen molar-refractivity contribution < 1.29 is 4.39 Å². The van der Waals surface area contributed by atoms with Crippen molar-refractivity contribution in [3.8, 4) is 0 Å². The number of aliphatic imine (C=N–C) groups is 2. The molecule has 0 saturated carbocycles. The average molecular weight is 372 g/mol. The van der Waals surface area contributed by atoms with E-state index in [2.05, 4.69) is 35.1 Å². The number of allylic oxidation sites excluding steroid dienone is 4. The Hall–Kier alpha value is -2.46. The molecule has 2 rings (SSSR count). The average Bonchev–Trinajstić information content (AvgIpc) is 2.63. The van der Waals surface area contributed by atoms with Crippen LogP contribution in [0.1, 0.15) is 31.9 Å². The Morgan fingerprint density at radius 1 is 1.38 bits per heavy atom. The van der Waals surface area contributed by atoms with Crippen molar-refractivity contribution in [1.29, 1.82) is 0 Å². The van der Waals surface area contributed by atoms with E-state index in [4.69, 9.17) is 11.6 Å². The summed E-state index contributed by atoms with van der Waals surface area (Å²) in [5, 5.41) is 0.128. The summed E-state index contributed by atoms with van der Waals surface area (Å²) < 4.78 is 13.5. The van der Waals surface area contributed by atoms with Gasteiger partial charge in [-0.2, -0.15) is 0 Å². The third-order valence-electron chi connectivity index (χ3n) is 4.08. The van der Waals surface area contributed by atoms with Crippen molar-refractivity contribution >= 4 is 24.0 Å². The lowest BCUT2D eigenvalue weighted by molar-refractivity contribution is 0.344. The van der Waals surface area contributed by atoms with Crippen molar-refractivity contribution in [2.75, 3.05) is 6.54 Å². The van der Waals surface area contributed by atoms with E-state index >= 15 is 0 Å². The molecular formula is C21H23ClFN3. The molecule has 0 fully saturated rings. The molecule has 26 heavy (non-hydrogen) atoms. The Balaban J connectivity index is 2.29. The van der Waals surface area contributed by atoms with E-state index in [9.17, 15) is 4.39 Å². The van der Waals surface area contributed by atoms with Gasteiger partial charge in [0.05, 0.1) is 16.8 Å². The standard InChI is InChI=1S/C21H23ClFN3/c1-5-21(17-7-8-19(23)18(22)14-17)26-12-10-16(13-15(26)3)20(25-6-2)9-11-24-4/h7-14,21H,3-6H2,1-2H3/b11-9-,25-20?. The highest BCUT2D eigenvalue weighted by Gasteiger charge is 2.21.